The normalized spacial score (nSPS) is 36.1. The average molecular weight is 196 g/mol. The third-order valence-corrected chi connectivity index (χ3v) is 3.16. The summed E-state index contributed by atoms with van der Waals surface area (Å²) in [6.45, 7) is 3.18. The highest BCUT2D eigenvalue weighted by atomic mass is 16.5. The summed E-state index contributed by atoms with van der Waals surface area (Å²) in [5.74, 6) is 1.05. The van der Waals surface area contributed by atoms with Gasteiger partial charge in [-0.3, -0.25) is 0 Å². The predicted molar refractivity (Wildman–Crippen MR) is 47.6 cm³/mol. The largest absolute Gasteiger partial charge is 0.408 e. The lowest BCUT2D eigenvalue weighted by Gasteiger charge is -2.20. The maximum absolute atomic E-state index is 5.47. The Kier molecular flexibility index (Phi) is 1.57. The average Bonchev–Trinajstić information content (AvgIpc) is 2.75. The van der Waals surface area contributed by atoms with Crippen molar-refractivity contribution in [1.29, 1.82) is 0 Å². The Labute approximate surface area is 80.8 Å². The molecule has 3 N–H and O–H groups in total. The van der Waals surface area contributed by atoms with Crippen molar-refractivity contribution in [3.8, 4) is 0 Å². The summed E-state index contributed by atoms with van der Waals surface area (Å²) in [6.07, 6.45) is 0. The summed E-state index contributed by atoms with van der Waals surface area (Å²) >= 11 is 0. The number of rotatable bonds is 1. The van der Waals surface area contributed by atoms with Crippen molar-refractivity contribution in [2.75, 3.05) is 32.0 Å². The van der Waals surface area contributed by atoms with E-state index >= 15 is 0 Å². The zero-order chi connectivity index (χ0) is 9.60. The van der Waals surface area contributed by atoms with Crippen molar-refractivity contribution in [3.63, 3.8) is 0 Å². The molecule has 2 aliphatic rings. The van der Waals surface area contributed by atoms with Crippen LogP contribution < -0.4 is 11.1 Å². The number of hydrogen-bond acceptors (Lipinski definition) is 6. The van der Waals surface area contributed by atoms with Crippen LogP contribution in [-0.4, -0.2) is 36.5 Å². The first-order valence-corrected chi connectivity index (χ1v) is 4.69. The molecule has 2 fully saturated rings. The van der Waals surface area contributed by atoms with E-state index in [2.05, 4.69) is 15.5 Å². The van der Waals surface area contributed by atoms with Crippen LogP contribution in [0.2, 0.25) is 0 Å². The van der Waals surface area contributed by atoms with Crippen molar-refractivity contribution >= 4 is 6.01 Å². The molecule has 0 spiro atoms. The van der Waals surface area contributed by atoms with Gasteiger partial charge in [0.2, 0.25) is 5.89 Å². The quantitative estimate of drug-likeness (QED) is 0.607. The number of nitrogens with two attached hydrogens (primary N) is 1. The molecule has 76 valence electrons. The summed E-state index contributed by atoms with van der Waals surface area (Å²) < 4.78 is 10.8. The van der Waals surface area contributed by atoms with Gasteiger partial charge in [0.05, 0.1) is 18.6 Å². The van der Waals surface area contributed by atoms with Crippen LogP contribution in [0.5, 0.6) is 0 Å². The molecule has 14 heavy (non-hydrogen) atoms. The van der Waals surface area contributed by atoms with E-state index < -0.39 is 0 Å². The van der Waals surface area contributed by atoms with Gasteiger partial charge in [0.1, 0.15) is 0 Å². The SMILES string of the molecule is Nc1nnc([C@]23CNC[C@H]2COC3)o1. The van der Waals surface area contributed by atoms with Crippen LogP contribution in [0.1, 0.15) is 5.89 Å². The molecule has 6 heteroatoms. The molecule has 0 radical (unpaired) electrons. The van der Waals surface area contributed by atoms with Gasteiger partial charge < -0.3 is 20.2 Å². The molecule has 1 aromatic heterocycles. The highest BCUT2D eigenvalue weighted by Crippen LogP contribution is 2.39. The maximum Gasteiger partial charge on any atom is 0.312 e. The number of nitrogens with zero attached hydrogens (tertiary/aromatic N) is 2. The Hall–Kier alpha value is -1.14. The van der Waals surface area contributed by atoms with E-state index in [-0.39, 0.29) is 11.4 Å². The molecule has 1 aromatic rings. The number of aromatic nitrogens is 2. The zero-order valence-electron chi connectivity index (χ0n) is 7.69. The molecule has 0 aliphatic carbocycles. The van der Waals surface area contributed by atoms with Gasteiger partial charge in [-0.05, 0) is 0 Å². The molecule has 0 aromatic carbocycles. The molecule has 3 heterocycles. The first-order valence-electron chi connectivity index (χ1n) is 4.69. The van der Waals surface area contributed by atoms with Gasteiger partial charge in [-0.1, -0.05) is 5.10 Å². The van der Waals surface area contributed by atoms with Crippen LogP contribution in [0.3, 0.4) is 0 Å². The lowest BCUT2D eigenvalue weighted by molar-refractivity contribution is 0.164. The van der Waals surface area contributed by atoms with Crippen LogP contribution in [0.4, 0.5) is 6.01 Å². The number of hydrogen-bond donors (Lipinski definition) is 2. The predicted octanol–water partition coefficient (Wildman–Crippen LogP) is -0.861. The number of nitrogens with one attached hydrogen (secondary N) is 1. The third-order valence-electron chi connectivity index (χ3n) is 3.16. The van der Waals surface area contributed by atoms with Gasteiger partial charge in [-0.15, -0.1) is 5.10 Å². The molecule has 0 saturated carbocycles. The third kappa shape index (κ3) is 0.921. The van der Waals surface area contributed by atoms with E-state index in [0.29, 0.717) is 18.4 Å². The second-order valence-corrected chi connectivity index (χ2v) is 3.94. The van der Waals surface area contributed by atoms with Crippen molar-refractivity contribution in [3.05, 3.63) is 5.89 Å². The molecule has 2 aliphatic heterocycles. The summed E-state index contributed by atoms with van der Waals surface area (Å²) in [7, 11) is 0. The van der Waals surface area contributed by atoms with E-state index in [0.717, 1.165) is 19.7 Å². The van der Waals surface area contributed by atoms with Gasteiger partial charge in [0, 0.05) is 19.0 Å². The molecular weight excluding hydrogens is 184 g/mol. The fourth-order valence-corrected chi connectivity index (χ4v) is 2.33. The van der Waals surface area contributed by atoms with Crippen LogP contribution in [0.15, 0.2) is 4.42 Å². The van der Waals surface area contributed by atoms with Gasteiger partial charge in [-0.2, -0.15) is 0 Å². The van der Waals surface area contributed by atoms with Gasteiger partial charge in [0.15, 0.2) is 0 Å². The van der Waals surface area contributed by atoms with E-state index in [1.165, 1.54) is 0 Å². The van der Waals surface area contributed by atoms with Crippen molar-refractivity contribution in [1.82, 2.24) is 15.5 Å². The molecular formula is C8H12N4O2. The van der Waals surface area contributed by atoms with Gasteiger partial charge in [0.25, 0.3) is 0 Å². The molecule has 0 amide bonds. The number of anilines is 1. The summed E-state index contributed by atoms with van der Waals surface area (Å²) in [5, 5.41) is 11.0. The molecule has 2 atom stereocenters. The fourth-order valence-electron chi connectivity index (χ4n) is 2.33. The minimum atomic E-state index is -0.134. The van der Waals surface area contributed by atoms with Crippen molar-refractivity contribution in [2.45, 2.75) is 5.41 Å². The number of nitrogen functional groups attached to an aromatic ring is 1. The molecule has 2 saturated heterocycles. The Morgan fingerprint density at radius 1 is 1.50 bits per heavy atom. The van der Waals surface area contributed by atoms with E-state index in [9.17, 15) is 0 Å². The fraction of sp³-hybridized carbons (Fsp3) is 0.750. The lowest BCUT2D eigenvalue weighted by atomic mass is 9.81. The smallest absolute Gasteiger partial charge is 0.312 e. The molecule has 0 bridgehead atoms. The minimum absolute atomic E-state index is 0.131. The Morgan fingerprint density at radius 2 is 2.43 bits per heavy atom. The maximum atomic E-state index is 5.47. The van der Waals surface area contributed by atoms with E-state index in [1.54, 1.807) is 0 Å². The van der Waals surface area contributed by atoms with E-state index in [4.69, 9.17) is 14.9 Å². The Morgan fingerprint density at radius 3 is 3.21 bits per heavy atom. The zero-order valence-corrected chi connectivity index (χ0v) is 7.69. The summed E-state index contributed by atoms with van der Waals surface area (Å²) in [4.78, 5) is 0. The van der Waals surface area contributed by atoms with Crippen molar-refractivity contribution in [2.24, 2.45) is 5.92 Å². The van der Waals surface area contributed by atoms with Gasteiger partial charge >= 0.3 is 6.01 Å². The first kappa shape index (κ1) is 8.19. The number of ether oxygens (including phenoxy) is 1. The van der Waals surface area contributed by atoms with Crippen LogP contribution >= 0.6 is 0 Å². The Bertz CT molecular complexity index is 341. The lowest BCUT2D eigenvalue weighted by Crippen LogP contribution is -2.35. The number of fused-ring (bicyclic) bond motifs is 1. The topological polar surface area (TPSA) is 86.2 Å². The minimum Gasteiger partial charge on any atom is -0.408 e. The molecule has 3 rings (SSSR count). The molecule has 6 nitrogen and oxygen atoms in total. The van der Waals surface area contributed by atoms with Crippen LogP contribution in [-0.2, 0) is 10.2 Å². The molecule has 0 unspecified atom stereocenters. The van der Waals surface area contributed by atoms with Crippen LogP contribution in [0.25, 0.3) is 0 Å². The Balaban J connectivity index is 2.02. The monoisotopic (exact) mass is 196 g/mol. The standard InChI is InChI=1S/C8H12N4O2/c9-7-12-11-6(14-7)8-3-10-1-5(8)2-13-4-8/h5,10H,1-4H2,(H2,9,12)/t5-,8-/m0/s1. The van der Waals surface area contributed by atoms with E-state index in [1.807, 2.05) is 0 Å². The highest BCUT2D eigenvalue weighted by Gasteiger charge is 2.52. The van der Waals surface area contributed by atoms with Gasteiger partial charge in [-0.25, -0.2) is 0 Å². The highest BCUT2D eigenvalue weighted by molar-refractivity contribution is 5.18. The van der Waals surface area contributed by atoms with Crippen molar-refractivity contribution < 1.29 is 9.15 Å². The summed E-state index contributed by atoms with van der Waals surface area (Å²) in [6, 6.07) is 0.131. The second kappa shape index (κ2) is 2.68. The first-order chi connectivity index (χ1) is 6.81. The summed E-state index contributed by atoms with van der Waals surface area (Å²) in [5.41, 5.74) is 5.29. The van der Waals surface area contributed by atoms with Crippen LogP contribution in [0, 0.1) is 5.92 Å². The second-order valence-electron chi connectivity index (χ2n) is 3.94.